The molecule has 0 aliphatic carbocycles. The fourth-order valence-corrected chi connectivity index (χ4v) is 1.37. The highest BCUT2D eigenvalue weighted by molar-refractivity contribution is 7.13. The normalized spacial score (nSPS) is 12.5. The molecule has 1 atom stereocenters. The van der Waals surface area contributed by atoms with E-state index >= 15 is 0 Å². The van der Waals surface area contributed by atoms with E-state index in [0.717, 1.165) is 11.4 Å². The van der Waals surface area contributed by atoms with Crippen LogP contribution >= 0.6 is 11.3 Å². The van der Waals surface area contributed by atoms with Gasteiger partial charge in [0.25, 0.3) is 5.91 Å². The summed E-state index contributed by atoms with van der Waals surface area (Å²) in [6, 6.07) is 0.191. The first-order valence-corrected chi connectivity index (χ1v) is 5.06. The van der Waals surface area contributed by atoms with Crippen molar-refractivity contribution in [2.24, 2.45) is 0 Å². The minimum atomic E-state index is -0.125. The molecular formula is C8H13N3OS. The van der Waals surface area contributed by atoms with E-state index in [4.69, 9.17) is 0 Å². The van der Waals surface area contributed by atoms with E-state index < -0.39 is 0 Å². The van der Waals surface area contributed by atoms with Crippen LogP contribution in [0.25, 0.3) is 0 Å². The first-order chi connectivity index (χ1) is 6.13. The maximum atomic E-state index is 11.4. The molecule has 72 valence electrons. The fraction of sp³-hybridized carbons (Fsp3) is 0.625. The van der Waals surface area contributed by atoms with Crippen molar-refractivity contribution in [3.63, 3.8) is 0 Å². The highest BCUT2D eigenvalue weighted by atomic mass is 32.1. The molecule has 13 heavy (non-hydrogen) atoms. The van der Waals surface area contributed by atoms with Crippen LogP contribution in [0.2, 0.25) is 0 Å². The summed E-state index contributed by atoms with van der Waals surface area (Å²) in [6.07, 6.45) is 0.920. The Morgan fingerprint density at radius 2 is 2.31 bits per heavy atom. The van der Waals surface area contributed by atoms with Crippen LogP contribution in [0.15, 0.2) is 0 Å². The lowest BCUT2D eigenvalue weighted by Crippen LogP contribution is -2.31. The molecule has 0 aliphatic heterocycles. The van der Waals surface area contributed by atoms with Gasteiger partial charge in [-0.15, -0.1) is 10.2 Å². The van der Waals surface area contributed by atoms with E-state index in [9.17, 15) is 4.79 Å². The zero-order valence-electron chi connectivity index (χ0n) is 8.00. The molecule has 5 heteroatoms. The van der Waals surface area contributed by atoms with Gasteiger partial charge in [0, 0.05) is 6.04 Å². The minimum absolute atomic E-state index is 0.125. The second kappa shape index (κ2) is 4.32. The molecule has 0 fully saturated rings. The molecule has 4 nitrogen and oxygen atoms in total. The number of nitrogens with zero attached hydrogens (tertiary/aromatic N) is 2. The maximum absolute atomic E-state index is 11.4. The molecule has 0 saturated heterocycles. The lowest BCUT2D eigenvalue weighted by atomic mass is 10.2. The summed E-state index contributed by atoms with van der Waals surface area (Å²) in [5.41, 5.74) is 0. The van der Waals surface area contributed by atoms with Crippen LogP contribution in [-0.2, 0) is 0 Å². The second-order valence-corrected chi connectivity index (χ2v) is 4.09. The van der Waals surface area contributed by atoms with Gasteiger partial charge in [-0.1, -0.05) is 18.3 Å². The average molecular weight is 199 g/mol. The third kappa shape index (κ3) is 2.77. The predicted octanol–water partition coefficient (Wildman–Crippen LogP) is 1.37. The minimum Gasteiger partial charge on any atom is -0.347 e. The lowest BCUT2D eigenvalue weighted by Gasteiger charge is -2.08. The van der Waals surface area contributed by atoms with Crippen LogP contribution in [0.4, 0.5) is 0 Å². The highest BCUT2D eigenvalue weighted by Gasteiger charge is 2.12. The third-order valence-electron chi connectivity index (χ3n) is 1.71. The first kappa shape index (κ1) is 10.1. The van der Waals surface area contributed by atoms with E-state index in [2.05, 4.69) is 15.5 Å². The van der Waals surface area contributed by atoms with E-state index in [1.807, 2.05) is 20.8 Å². The third-order valence-corrected chi connectivity index (χ3v) is 2.55. The van der Waals surface area contributed by atoms with E-state index in [0.29, 0.717) is 5.01 Å². The van der Waals surface area contributed by atoms with Gasteiger partial charge in [0.05, 0.1) is 0 Å². The standard InChI is InChI=1S/C8H13N3OS/c1-4-5(2)9-7(12)8-11-10-6(3)13-8/h5H,4H2,1-3H3,(H,9,12). The van der Waals surface area contributed by atoms with Gasteiger partial charge in [-0.05, 0) is 20.3 Å². The van der Waals surface area contributed by atoms with Gasteiger partial charge in [0.1, 0.15) is 5.01 Å². The summed E-state index contributed by atoms with van der Waals surface area (Å²) in [4.78, 5) is 11.4. The van der Waals surface area contributed by atoms with Crippen LogP contribution < -0.4 is 5.32 Å². The Bertz CT molecular complexity index is 297. The molecule has 0 aliphatic rings. The molecule has 0 spiro atoms. The summed E-state index contributed by atoms with van der Waals surface area (Å²) in [5.74, 6) is -0.125. The molecule has 0 aromatic carbocycles. The summed E-state index contributed by atoms with van der Waals surface area (Å²) in [5, 5.41) is 11.6. The molecule has 1 amide bonds. The lowest BCUT2D eigenvalue weighted by molar-refractivity contribution is 0.0938. The number of amides is 1. The Morgan fingerprint density at radius 1 is 1.62 bits per heavy atom. The number of hydrogen-bond donors (Lipinski definition) is 1. The van der Waals surface area contributed by atoms with Gasteiger partial charge in [-0.25, -0.2) is 0 Å². The Kier molecular flexibility index (Phi) is 3.36. The number of aromatic nitrogens is 2. The van der Waals surface area contributed by atoms with Crippen LogP contribution in [-0.4, -0.2) is 22.1 Å². The number of nitrogens with one attached hydrogen (secondary N) is 1. The summed E-state index contributed by atoms with van der Waals surface area (Å²) in [7, 11) is 0. The van der Waals surface area contributed by atoms with E-state index in [1.54, 1.807) is 0 Å². The van der Waals surface area contributed by atoms with Gasteiger partial charge >= 0.3 is 0 Å². The van der Waals surface area contributed by atoms with E-state index in [-0.39, 0.29) is 11.9 Å². The number of hydrogen-bond acceptors (Lipinski definition) is 4. The van der Waals surface area contributed by atoms with Crippen molar-refractivity contribution in [3.8, 4) is 0 Å². The number of carbonyl (C=O) groups excluding carboxylic acids is 1. The summed E-state index contributed by atoms with van der Waals surface area (Å²) in [6.45, 7) is 5.82. The summed E-state index contributed by atoms with van der Waals surface area (Å²) < 4.78 is 0. The largest absolute Gasteiger partial charge is 0.347 e. The van der Waals surface area contributed by atoms with Gasteiger partial charge in [-0.2, -0.15) is 0 Å². The topological polar surface area (TPSA) is 54.9 Å². The number of rotatable bonds is 3. The molecule has 1 rings (SSSR count). The van der Waals surface area contributed by atoms with Crippen LogP contribution in [0.1, 0.15) is 35.1 Å². The molecule has 1 aromatic heterocycles. The Morgan fingerprint density at radius 3 is 2.77 bits per heavy atom. The Balaban J connectivity index is 2.58. The smallest absolute Gasteiger partial charge is 0.282 e. The molecule has 1 aromatic rings. The van der Waals surface area contributed by atoms with Crippen molar-refractivity contribution in [1.29, 1.82) is 0 Å². The fourth-order valence-electron chi connectivity index (χ4n) is 0.776. The quantitative estimate of drug-likeness (QED) is 0.800. The number of carbonyl (C=O) groups is 1. The Labute approximate surface area is 81.4 Å². The molecule has 0 radical (unpaired) electrons. The van der Waals surface area contributed by atoms with Gasteiger partial charge in [0.2, 0.25) is 5.01 Å². The zero-order valence-corrected chi connectivity index (χ0v) is 8.81. The van der Waals surface area contributed by atoms with Crippen molar-refractivity contribution in [2.45, 2.75) is 33.2 Å². The van der Waals surface area contributed by atoms with Gasteiger partial charge in [0.15, 0.2) is 0 Å². The van der Waals surface area contributed by atoms with Crippen molar-refractivity contribution >= 4 is 17.2 Å². The van der Waals surface area contributed by atoms with Crippen molar-refractivity contribution in [2.75, 3.05) is 0 Å². The Hall–Kier alpha value is -0.970. The molecule has 1 unspecified atom stereocenters. The van der Waals surface area contributed by atoms with Crippen LogP contribution in [0.3, 0.4) is 0 Å². The SMILES string of the molecule is CCC(C)NC(=O)c1nnc(C)s1. The van der Waals surface area contributed by atoms with Crippen LogP contribution in [0, 0.1) is 6.92 Å². The van der Waals surface area contributed by atoms with Gasteiger partial charge in [-0.3, -0.25) is 4.79 Å². The second-order valence-electron chi connectivity index (χ2n) is 2.91. The van der Waals surface area contributed by atoms with E-state index in [1.165, 1.54) is 11.3 Å². The van der Waals surface area contributed by atoms with Gasteiger partial charge < -0.3 is 5.32 Å². The van der Waals surface area contributed by atoms with Crippen molar-refractivity contribution in [3.05, 3.63) is 10.0 Å². The molecule has 1 heterocycles. The summed E-state index contributed by atoms with van der Waals surface area (Å²) >= 11 is 1.31. The highest BCUT2D eigenvalue weighted by Crippen LogP contribution is 2.07. The molecule has 0 bridgehead atoms. The van der Waals surface area contributed by atoms with Crippen molar-refractivity contribution < 1.29 is 4.79 Å². The monoisotopic (exact) mass is 199 g/mol. The van der Waals surface area contributed by atoms with Crippen LogP contribution in [0.5, 0.6) is 0 Å². The van der Waals surface area contributed by atoms with Crippen molar-refractivity contribution in [1.82, 2.24) is 15.5 Å². The average Bonchev–Trinajstić information content (AvgIpc) is 2.51. The molecular weight excluding hydrogens is 186 g/mol. The predicted molar refractivity (Wildman–Crippen MR) is 51.9 cm³/mol. The molecule has 1 N–H and O–H groups in total. The first-order valence-electron chi connectivity index (χ1n) is 4.24. The molecule has 0 saturated carbocycles. The number of aryl methyl sites for hydroxylation is 1. The maximum Gasteiger partial charge on any atom is 0.282 e. The zero-order chi connectivity index (χ0) is 9.84.